The second-order valence-corrected chi connectivity index (χ2v) is 7.77. The van der Waals surface area contributed by atoms with Crippen LogP contribution in [-0.2, 0) is 9.59 Å². The van der Waals surface area contributed by atoms with Gasteiger partial charge in [0.1, 0.15) is 12.4 Å². The molecule has 1 aromatic rings. The van der Waals surface area contributed by atoms with E-state index in [0.29, 0.717) is 19.6 Å². The lowest BCUT2D eigenvalue weighted by atomic mass is 9.85. The normalized spacial score (nSPS) is 22.6. The molecule has 6 nitrogen and oxygen atoms in total. The van der Waals surface area contributed by atoms with E-state index in [1.807, 2.05) is 36.1 Å². The van der Waals surface area contributed by atoms with E-state index in [2.05, 4.69) is 17.1 Å². The number of carbonyl (C=O) groups is 2. The van der Waals surface area contributed by atoms with E-state index in [4.69, 9.17) is 4.74 Å². The molecule has 27 heavy (non-hydrogen) atoms. The fourth-order valence-corrected chi connectivity index (χ4v) is 3.73. The number of nitrogens with zero attached hydrogens (tertiary/aromatic N) is 2. The van der Waals surface area contributed by atoms with E-state index in [1.165, 1.54) is 5.56 Å². The Morgan fingerprint density at radius 1 is 1.22 bits per heavy atom. The number of nitrogens with one attached hydrogen (secondary N) is 1. The predicted octanol–water partition coefficient (Wildman–Crippen LogP) is 1.97. The molecule has 0 radical (unpaired) electrons. The van der Waals surface area contributed by atoms with Crippen molar-refractivity contribution in [1.29, 1.82) is 0 Å². The molecule has 2 aliphatic rings. The number of hydrogen-bond donors (Lipinski definition) is 1. The van der Waals surface area contributed by atoms with Gasteiger partial charge in [-0.3, -0.25) is 14.5 Å². The van der Waals surface area contributed by atoms with E-state index >= 15 is 0 Å². The molecule has 0 aliphatic carbocycles. The molecule has 2 saturated heterocycles. The Kier molecular flexibility index (Phi) is 6.37. The lowest BCUT2D eigenvalue weighted by Crippen LogP contribution is -2.66. The summed E-state index contributed by atoms with van der Waals surface area (Å²) in [7, 11) is 0. The summed E-state index contributed by atoms with van der Waals surface area (Å²) in [5.41, 5.74) is 0.767. The Labute approximate surface area is 161 Å². The third kappa shape index (κ3) is 4.80. The van der Waals surface area contributed by atoms with Crippen LogP contribution < -0.4 is 10.1 Å². The van der Waals surface area contributed by atoms with Crippen molar-refractivity contribution in [2.75, 3.05) is 39.3 Å². The number of hydrogen-bond acceptors (Lipinski definition) is 4. The molecule has 1 unspecified atom stereocenters. The van der Waals surface area contributed by atoms with E-state index in [0.717, 1.165) is 51.2 Å². The molecular weight excluding hydrogens is 342 g/mol. The summed E-state index contributed by atoms with van der Waals surface area (Å²) in [6.45, 7) is 8.50. The molecule has 0 saturated carbocycles. The van der Waals surface area contributed by atoms with E-state index in [9.17, 15) is 9.59 Å². The summed E-state index contributed by atoms with van der Waals surface area (Å²) in [5.74, 6) is 1.19. The fraction of sp³-hybridized carbons (Fsp3) is 0.619. The Hall–Kier alpha value is -2.08. The smallest absolute Gasteiger partial charge is 0.240 e. The van der Waals surface area contributed by atoms with E-state index in [-0.39, 0.29) is 11.8 Å². The van der Waals surface area contributed by atoms with Gasteiger partial charge in [-0.15, -0.1) is 0 Å². The van der Waals surface area contributed by atoms with Crippen LogP contribution in [0.3, 0.4) is 0 Å². The summed E-state index contributed by atoms with van der Waals surface area (Å²) in [6, 6.07) is 8.02. The summed E-state index contributed by atoms with van der Waals surface area (Å²) in [6.07, 6.45) is 3.31. The number of ether oxygens (including phenoxy) is 1. The van der Waals surface area contributed by atoms with Gasteiger partial charge in [0.15, 0.2) is 0 Å². The molecule has 2 amide bonds. The first-order valence-corrected chi connectivity index (χ1v) is 10.00. The van der Waals surface area contributed by atoms with Crippen molar-refractivity contribution in [1.82, 2.24) is 15.1 Å². The monoisotopic (exact) mass is 373 g/mol. The lowest BCUT2D eigenvalue weighted by molar-refractivity contribution is -0.141. The molecule has 0 spiro atoms. The minimum atomic E-state index is -0.444. The van der Waals surface area contributed by atoms with Crippen molar-refractivity contribution in [2.24, 2.45) is 0 Å². The quantitative estimate of drug-likeness (QED) is 0.672. The molecule has 1 atom stereocenters. The van der Waals surface area contributed by atoms with Crippen LogP contribution in [-0.4, -0.2) is 66.5 Å². The van der Waals surface area contributed by atoms with Gasteiger partial charge in [-0.1, -0.05) is 17.7 Å². The van der Waals surface area contributed by atoms with Gasteiger partial charge in [-0.05, 0) is 45.2 Å². The second-order valence-electron chi connectivity index (χ2n) is 7.77. The fourth-order valence-electron chi connectivity index (χ4n) is 3.73. The second kappa shape index (κ2) is 8.74. The minimum Gasteiger partial charge on any atom is -0.492 e. The maximum Gasteiger partial charge on any atom is 0.240 e. The predicted molar refractivity (Wildman–Crippen MR) is 105 cm³/mol. The van der Waals surface area contributed by atoms with Crippen LogP contribution in [0.1, 0.15) is 38.2 Å². The van der Waals surface area contributed by atoms with Crippen LogP contribution in [0.15, 0.2) is 24.3 Å². The van der Waals surface area contributed by atoms with Gasteiger partial charge < -0.3 is 15.0 Å². The molecule has 0 bridgehead atoms. The van der Waals surface area contributed by atoms with Gasteiger partial charge in [0, 0.05) is 39.1 Å². The van der Waals surface area contributed by atoms with Crippen molar-refractivity contribution in [3.8, 4) is 5.75 Å². The number of rotatable bonds is 9. The summed E-state index contributed by atoms with van der Waals surface area (Å²) < 4.78 is 5.80. The van der Waals surface area contributed by atoms with Crippen molar-refractivity contribution in [3.63, 3.8) is 0 Å². The van der Waals surface area contributed by atoms with Crippen LogP contribution in [0, 0.1) is 6.92 Å². The Bertz CT molecular complexity index is 661. The van der Waals surface area contributed by atoms with Gasteiger partial charge in [-0.25, -0.2) is 0 Å². The van der Waals surface area contributed by atoms with Gasteiger partial charge >= 0.3 is 0 Å². The number of carbonyl (C=O) groups excluding carboxylic acids is 2. The first-order valence-electron chi connectivity index (χ1n) is 10.00. The highest BCUT2D eigenvalue weighted by atomic mass is 16.5. The minimum absolute atomic E-state index is 0.0804. The van der Waals surface area contributed by atoms with Crippen LogP contribution in [0.5, 0.6) is 5.75 Å². The van der Waals surface area contributed by atoms with Crippen LogP contribution in [0.2, 0.25) is 0 Å². The van der Waals surface area contributed by atoms with E-state index in [1.54, 1.807) is 0 Å². The number of amides is 2. The lowest BCUT2D eigenvalue weighted by Gasteiger charge is -2.49. The highest BCUT2D eigenvalue weighted by molar-refractivity contribution is 5.86. The number of benzene rings is 1. The number of aryl methyl sites for hydroxylation is 1. The van der Waals surface area contributed by atoms with Crippen molar-refractivity contribution in [2.45, 2.75) is 45.1 Å². The highest BCUT2D eigenvalue weighted by Gasteiger charge is 2.46. The van der Waals surface area contributed by atoms with Crippen LogP contribution in [0.25, 0.3) is 0 Å². The zero-order valence-electron chi connectivity index (χ0n) is 16.5. The highest BCUT2D eigenvalue weighted by Crippen LogP contribution is 2.30. The van der Waals surface area contributed by atoms with Gasteiger partial charge in [0.25, 0.3) is 0 Å². The first kappa shape index (κ1) is 19.7. The van der Waals surface area contributed by atoms with Gasteiger partial charge in [0.05, 0.1) is 5.54 Å². The molecule has 1 aromatic carbocycles. The number of likely N-dealkylation sites (tertiary alicyclic amines) is 2. The maximum absolute atomic E-state index is 12.6. The molecule has 148 valence electrons. The molecule has 1 N–H and O–H groups in total. The topological polar surface area (TPSA) is 61.9 Å². The summed E-state index contributed by atoms with van der Waals surface area (Å²) >= 11 is 0. The molecule has 3 rings (SSSR count). The third-order valence-corrected chi connectivity index (χ3v) is 5.77. The van der Waals surface area contributed by atoms with E-state index < -0.39 is 5.54 Å². The molecule has 2 heterocycles. The molecule has 0 aromatic heterocycles. The Balaban J connectivity index is 1.35. The molecular formula is C21H31N3O3. The maximum atomic E-state index is 12.6. The van der Waals surface area contributed by atoms with Gasteiger partial charge in [0.2, 0.25) is 11.8 Å². The van der Waals surface area contributed by atoms with Crippen LogP contribution in [0.4, 0.5) is 0 Å². The van der Waals surface area contributed by atoms with Crippen molar-refractivity contribution in [3.05, 3.63) is 29.8 Å². The standard InChI is InChI=1S/C21H31N3O3/c1-17-6-8-18(9-7-17)27-16-15-24-14-10-21(24,2)20(26)22-11-4-13-23-12-3-5-19(23)25/h6-9H,3-5,10-16H2,1-2H3,(H,22,26). The third-order valence-electron chi connectivity index (χ3n) is 5.77. The molecule has 2 fully saturated rings. The zero-order chi connectivity index (χ0) is 19.3. The Morgan fingerprint density at radius 2 is 2.00 bits per heavy atom. The summed E-state index contributed by atoms with van der Waals surface area (Å²) in [5, 5.41) is 3.05. The van der Waals surface area contributed by atoms with Gasteiger partial charge in [-0.2, -0.15) is 0 Å². The first-order chi connectivity index (χ1) is 13.0. The summed E-state index contributed by atoms with van der Waals surface area (Å²) in [4.78, 5) is 28.3. The zero-order valence-corrected chi connectivity index (χ0v) is 16.5. The van der Waals surface area contributed by atoms with Crippen LogP contribution >= 0.6 is 0 Å². The Morgan fingerprint density at radius 3 is 2.63 bits per heavy atom. The molecule has 2 aliphatic heterocycles. The average molecular weight is 373 g/mol. The van der Waals surface area contributed by atoms with Crippen molar-refractivity contribution < 1.29 is 14.3 Å². The van der Waals surface area contributed by atoms with Crippen molar-refractivity contribution >= 4 is 11.8 Å². The average Bonchev–Trinajstić information content (AvgIpc) is 3.07. The SMILES string of the molecule is Cc1ccc(OCCN2CCC2(C)C(=O)NCCCN2CCCC2=O)cc1. The largest absolute Gasteiger partial charge is 0.492 e. The molecule has 6 heteroatoms.